The molecule has 1 atom stereocenters. The third-order valence-electron chi connectivity index (χ3n) is 4.24. The number of hydrogen-bond donors (Lipinski definition) is 2. The summed E-state index contributed by atoms with van der Waals surface area (Å²) in [6, 6.07) is 0.0471. The summed E-state index contributed by atoms with van der Waals surface area (Å²) in [5.74, 6) is 1.26. The van der Waals surface area contributed by atoms with Crippen molar-refractivity contribution in [3.63, 3.8) is 0 Å². The zero-order chi connectivity index (χ0) is 12.3. The predicted octanol–water partition coefficient (Wildman–Crippen LogP) is 0.539. The second-order valence-corrected chi connectivity index (χ2v) is 5.33. The lowest BCUT2D eigenvalue weighted by Crippen LogP contribution is -2.54. The first-order valence-corrected chi connectivity index (χ1v) is 6.64. The van der Waals surface area contributed by atoms with Crippen LogP contribution in [0.3, 0.4) is 0 Å². The SMILES string of the molecule is CC(C(N)=NO)N1CCN(CC2CCC2)CC1. The maximum atomic E-state index is 8.67. The van der Waals surface area contributed by atoms with Gasteiger partial charge in [0.15, 0.2) is 5.84 Å². The van der Waals surface area contributed by atoms with E-state index in [0.717, 1.165) is 32.1 Å². The molecule has 2 aliphatic rings. The summed E-state index contributed by atoms with van der Waals surface area (Å²) in [5.41, 5.74) is 5.64. The maximum Gasteiger partial charge on any atom is 0.156 e. The average molecular weight is 240 g/mol. The van der Waals surface area contributed by atoms with E-state index < -0.39 is 0 Å². The van der Waals surface area contributed by atoms with Gasteiger partial charge in [-0.1, -0.05) is 11.6 Å². The van der Waals surface area contributed by atoms with E-state index in [2.05, 4.69) is 15.0 Å². The Bertz CT molecular complexity index is 270. The molecule has 2 fully saturated rings. The van der Waals surface area contributed by atoms with Crippen LogP contribution < -0.4 is 5.73 Å². The van der Waals surface area contributed by atoms with E-state index >= 15 is 0 Å². The van der Waals surface area contributed by atoms with Gasteiger partial charge in [-0.2, -0.15) is 0 Å². The van der Waals surface area contributed by atoms with Gasteiger partial charge >= 0.3 is 0 Å². The van der Waals surface area contributed by atoms with Crippen molar-refractivity contribution in [3.05, 3.63) is 0 Å². The van der Waals surface area contributed by atoms with Crippen LogP contribution in [0.4, 0.5) is 0 Å². The molecule has 0 radical (unpaired) electrons. The lowest BCUT2D eigenvalue weighted by molar-refractivity contribution is 0.0927. The molecule has 2 rings (SSSR count). The van der Waals surface area contributed by atoms with E-state index in [-0.39, 0.29) is 6.04 Å². The number of nitrogens with two attached hydrogens (primary N) is 1. The second-order valence-electron chi connectivity index (χ2n) is 5.33. The molecule has 17 heavy (non-hydrogen) atoms. The predicted molar refractivity (Wildman–Crippen MR) is 68.2 cm³/mol. The van der Waals surface area contributed by atoms with Crippen molar-refractivity contribution in [1.82, 2.24) is 9.80 Å². The molecule has 1 saturated heterocycles. The molecule has 0 aromatic heterocycles. The molecule has 3 N–H and O–H groups in total. The number of oxime groups is 1. The Morgan fingerprint density at radius 2 is 2.00 bits per heavy atom. The first-order valence-electron chi connectivity index (χ1n) is 6.64. The van der Waals surface area contributed by atoms with E-state index in [9.17, 15) is 0 Å². The highest BCUT2D eigenvalue weighted by molar-refractivity contribution is 5.84. The molecular formula is C12H24N4O. The van der Waals surface area contributed by atoms with Crippen LogP contribution in [0.1, 0.15) is 26.2 Å². The van der Waals surface area contributed by atoms with Gasteiger partial charge in [-0.3, -0.25) is 4.90 Å². The number of hydrogen-bond acceptors (Lipinski definition) is 4. The summed E-state index contributed by atoms with van der Waals surface area (Å²) in [6.45, 7) is 7.52. The van der Waals surface area contributed by atoms with Gasteiger partial charge in [0, 0.05) is 32.7 Å². The van der Waals surface area contributed by atoms with E-state index in [0.29, 0.717) is 5.84 Å². The van der Waals surface area contributed by atoms with Crippen LogP contribution in [0.5, 0.6) is 0 Å². The van der Waals surface area contributed by atoms with Crippen LogP contribution in [-0.2, 0) is 0 Å². The number of amidine groups is 1. The van der Waals surface area contributed by atoms with Crippen molar-refractivity contribution in [2.75, 3.05) is 32.7 Å². The van der Waals surface area contributed by atoms with Crippen LogP contribution in [0.2, 0.25) is 0 Å². The van der Waals surface area contributed by atoms with Gasteiger partial charge in [-0.05, 0) is 25.7 Å². The zero-order valence-corrected chi connectivity index (χ0v) is 10.7. The summed E-state index contributed by atoms with van der Waals surface area (Å²) >= 11 is 0. The summed E-state index contributed by atoms with van der Waals surface area (Å²) in [6.07, 6.45) is 4.26. The fourth-order valence-electron chi connectivity index (χ4n) is 2.64. The van der Waals surface area contributed by atoms with Crippen molar-refractivity contribution in [1.29, 1.82) is 0 Å². The minimum atomic E-state index is 0.0471. The summed E-state index contributed by atoms with van der Waals surface area (Å²) in [4.78, 5) is 4.84. The molecule has 0 spiro atoms. The summed E-state index contributed by atoms with van der Waals surface area (Å²) in [5, 5.41) is 11.8. The third-order valence-corrected chi connectivity index (χ3v) is 4.24. The van der Waals surface area contributed by atoms with E-state index in [1.54, 1.807) is 0 Å². The van der Waals surface area contributed by atoms with Crippen LogP contribution >= 0.6 is 0 Å². The highest BCUT2D eigenvalue weighted by atomic mass is 16.4. The largest absolute Gasteiger partial charge is 0.409 e. The molecule has 1 saturated carbocycles. The van der Waals surface area contributed by atoms with Gasteiger partial charge in [0.1, 0.15) is 0 Å². The fraction of sp³-hybridized carbons (Fsp3) is 0.917. The van der Waals surface area contributed by atoms with Crippen LogP contribution in [-0.4, -0.2) is 59.6 Å². The number of rotatable bonds is 4. The Morgan fingerprint density at radius 3 is 2.47 bits per heavy atom. The Balaban J connectivity index is 1.73. The Labute approximate surface area is 103 Å². The minimum Gasteiger partial charge on any atom is -0.409 e. The maximum absolute atomic E-state index is 8.67. The second kappa shape index (κ2) is 5.69. The van der Waals surface area contributed by atoms with E-state index in [1.807, 2.05) is 6.92 Å². The number of piperazine rings is 1. The lowest BCUT2D eigenvalue weighted by atomic mass is 9.85. The Morgan fingerprint density at radius 1 is 1.35 bits per heavy atom. The summed E-state index contributed by atoms with van der Waals surface area (Å²) in [7, 11) is 0. The van der Waals surface area contributed by atoms with Crippen molar-refractivity contribution in [3.8, 4) is 0 Å². The molecule has 0 bridgehead atoms. The quantitative estimate of drug-likeness (QED) is 0.326. The molecule has 98 valence electrons. The number of nitrogens with zero attached hydrogens (tertiary/aromatic N) is 3. The molecule has 0 amide bonds. The molecule has 1 aliphatic heterocycles. The zero-order valence-electron chi connectivity index (χ0n) is 10.7. The van der Waals surface area contributed by atoms with Crippen molar-refractivity contribution in [2.45, 2.75) is 32.2 Å². The molecule has 5 nitrogen and oxygen atoms in total. The van der Waals surface area contributed by atoms with Gasteiger partial charge in [0.2, 0.25) is 0 Å². The fourth-order valence-corrected chi connectivity index (χ4v) is 2.64. The molecule has 0 aromatic rings. The third kappa shape index (κ3) is 3.10. The van der Waals surface area contributed by atoms with Gasteiger partial charge in [0.05, 0.1) is 6.04 Å². The van der Waals surface area contributed by atoms with Gasteiger partial charge in [-0.15, -0.1) is 0 Å². The molecule has 5 heteroatoms. The highest BCUT2D eigenvalue weighted by Gasteiger charge is 2.26. The molecular weight excluding hydrogens is 216 g/mol. The van der Waals surface area contributed by atoms with Crippen molar-refractivity contribution in [2.24, 2.45) is 16.8 Å². The Hall–Kier alpha value is -0.810. The lowest BCUT2D eigenvalue weighted by Gasteiger charge is -2.40. The van der Waals surface area contributed by atoms with Gasteiger partial charge < -0.3 is 15.8 Å². The smallest absolute Gasteiger partial charge is 0.156 e. The van der Waals surface area contributed by atoms with Crippen LogP contribution in [0, 0.1) is 5.92 Å². The van der Waals surface area contributed by atoms with E-state index in [1.165, 1.54) is 25.8 Å². The van der Waals surface area contributed by atoms with Gasteiger partial charge in [0.25, 0.3) is 0 Å². The van der Waals surface area contributed by atoms with Crippen LogP contribution in [0.15, 0.2) is 5.16 Å². The molecule has 1 heterocycles. The van der Waals surface area contributed by atoms with Crippen molar-refractivity contribution >= 4 is 5.84 Å². The molecule has 1 unspecified atom stereocenters. The monoisotopic (exact) mass is 240 g/mol. The van der Waals surface area contributed by atoms with Gasteiger partial charge in [-0.25, -0.2) is 0 Å². The van der Waals surface area contributed by atoms with E-state index in [4.69, 9.17) is 10.9 Å². The molecule has 1 aliphatic carbocycles. The topological polar surface area (TPSA) is 65.1 Å². The standard InChI is InChI=1S/C12H24N4O/c1-10(12(13)14-17)16-7-5-15(6-8-16)9-11-3-2-4-11/h10-11,17H,2-9H2,1H3,(H2,13,14). The summed E-state index contributed by atoms with van der Waals surface area (Å²) < 4.78 is 0. The molecule has 0 aromatic carbocycles. The first-order chi connectivity index (χ1) is 8.20. The highest BCUT2D eigenvalue weighted by Crippen LogP contribution is 2.27. The van der Waals surface area contributed by atoms with Crippen molar-refractivity contribution < 1.29 is 5.21 Å². The average Bonchev–Trinajstić information content (AvgIpc) is 2.32. The van der Waals surface area contributed by atoms with Crippen LogP contribution in [0.25, 0.3) is 0 Å². The normalized spacial score (nSPS) is 26.8. The Kier molecular flexibility index (Phi) is 4.23. The first kappa shape index (κ1) is 12.6. The minimum absolute atomic E-state index is 0.0471.